The summed E-state index contributed by atoms with van der Waals surface area (Å²) in [6, 6.07) is 14.8. The molecule has 0 saturated carbocycles. The zero-order valence-corrected chi connectivity index (χ0v) is 15.3. The average Bonchev–Trinajstić information content (AvgIpc) is 2.61. The van der Waals surface area contributed by atoms with E-state index in [1.807, 2.05) is 43.3 Å². The molecule has 0 atom stereocenters. The molecule has 2 aromatic rings. The van der Waals surface area contributed by atoms with E-state index in [1.165, 1.54) is 10.6 Å². The molecule has 0 aromatic heterocycles. The molecule has 6 heteroatoms. The highest BCUT2D eigenvalue weighted by Crippen LogP contribution is 2.30. The largest absolute Gasteiger partial charge is 0.309 e. The second-order valence-corrected chi connectivity index (χ2v) is 8.07. The number of para-hydroxylation sites is 1. The van der Waals surface area contributed by atoms with Gasteiger partial charge >= 0.3 is 0 Å². The smallest absolute Gasteiger partial charge is 0.258 e. The summed E-state index contributed by atoms with van der Waals surface area (Å²) < 4.78 is 25.3. The number of hydrogen-bond donors (Lipinski definition) is 0. The second kappa shape index (κ2) is 6.88. The predicted molar refractivity (Wildman–Crippen MR) is 101 cm³/mol. The Hall–Kier alpha value is -2.34. The van der Waals surface area contributed by atoms with Crippen molar-refractivity contribution in [3.63, 3.8) is 0 Å². The van der Waals surface area contributed by atoms with Gasteiger partial charge in [0.1, 0.15) is 0 Å². The summed E-state index contributed by atoms with van der Waals surface area (Å²) in [5.74, 6) is -0.0759. The van der Waals surface area contributed by atoms with Crippen LogP contribution < -0.4 is 9.21 Å². The minimum absolute atomic E-state index is 0.0759. The Morgan fingerprint density at radius 2 is 1.88 bits per heavy atom. The maximum absolute atomic E-state index is 12.9. The van der Waals surface area contributed by atoms with Crippen molar-refractivity contribution in [3.05, 3.63) is 59.7 Å². The summed E-state index contributed by atoms with van der Waals surface area (Å²) in [7, 11) is -3.30. The van der Waals surface area contributed by atoms with E-state index in [2.05, 4.69) is 0 Å². The number of rotatable bonds is 4. The number of aryl methyl sites for hydroxylation is 1. The summed E-state index contributed by atoms with van der Waals surface area (Å²) >= 11 is 0. The first-order chi connectivity index (χ1) is 11.9. The summed E-state index contributed by atoms with van der Waals surface area (Å²) in [6.45, 7) is 2.99. The van der Waals surface area contributed by atoms with Crippen LogP contribution in [-0.4, -0.2) is 33.7 Å². The molecule has 0 spiro atoms. The van der Waals surface area contributed by atoms with Gasteiger partial charge in [0, 0.05) is 24.3 Å². The van der Waals surface area contributed by atoms with Crippen LogP contribution in [0.3, 0.4) is 0 Å². The second-order valence-electron chi connectivity index (χ2n) is 6.17. The summed E-state index contributed by atoms with van der Waals surface area (Å²) in [6.07, 6.45) is 2.75. The Kier molecular flexibility index (Phi) is 4.81. The monoisotopic (exact) mass is 358 g/mol. The first-order valence-electron chi connectivity index (χ1n) is 8.39. The Labute approximate surface area is 148 Å². The van der Waals surface area contributed by atoms with Gasteiger partial charge in [-0.05, 0) is 55.7 Å². The normalized spacial score (nSPS) is 14.1. The predicted octanol–water partition coefficient (Wildman–Crippen LogP) is 3.07. The molecule has 0 aliphatic carbocycles. The lowest BCUT2D eigenvalue weighted by molar-refractivity contribution is 0.0988. The van der Waals surface area contributed by atoms with Gasteiger partial charge in [0.05, 0.1) is 11.9 Å². The van der Waals surface area contributed by atoms with Crippen LogP contribution in [0.25, 0.3) is 0 Å². The van der Waals surface area contributed by atoms with Gasteiger partial charge < -0.3 is 4.90 Å². The van der Waals surface area contributed by atoms with Gasteiger partial charge in [-0.2, -0.15) is 0 Å². The number of anilines is 2. The van der Waals surface area contributed by atoms with Crippen LogP contribution in [0.15, 0.2) is 48.5 Å². The fourth-order valence-corrected chi connectivity index (χ4v) is 4.24. The zero-order valence-electron chi connectivity index (χ0n) is 14.5. The Morgan fingerprint density at radius 3 is 2.52 bits per heavy atom. The Bertz CT molecular complexity index is 879. The molecule has 0 N–H and O–H groups in total. The van der Waals surface area contributed by atoms with E-state index in [-0.39, 0.29) is 5.91 Å². The number of sulfonamides is 1. The minimum Gasteiger partial charge on any atom is -0.309 e. The van der Waals surface area contributed by atoms with Crippen LogP contribution in [0.5, 0.6) is 0 Å². The maximum Gasteiger partial charge on any atom is 0.258 e. The Balaban J connectivity index is 1.95. The Morgan fingerprint density at radius 1 is 1.16 bits per heavy atom. The minimum atomic E-state index is -3.30. The zero-order chi connectivity index (χ0) is 18.0. The molecular formula is C19H22N2O3S. The van der Waals surface area contributed by atoms with E-state index in [9.17, 15) is 13.2 Å². The van der Waals surface area contributed by atoms with Crippen LogP contribution in [0.1, 0.15) is 29.3 Å². The van der Waals surface area contributed by atoms with Crippen molar-refractivity contribution in [2.24, 2.45) is 0 Å². The summed E-state index contributed by atoms with van der Waals surface area (Å²) in [4.78, 5) is 14.7. The van der Waals surface area contributed by atoms with Crippen LogP contribution in [0, 0.1) is 0 Å². The maximum atomic E-state index is 12.9. The van der Waals surface area contributed by atoms with Gasteiger partial charge in [-0.3, -0.25) is 9.10 Å². The molecule has 5 nitrogen and oxygen atoms in total. The van der Waals surface area contributed by atoms with Gasteiger partial charge in [-0.1, -0.05) is 18.2 Å². The number of hydrogen-bond acceptors (Lipinski definition) is 3. The number of nitrogens with zero attached hydrogens (tertiary/aromatic N) is 2. The fourth-order valence-electron chi connectivity index (χ4n) is 3.25. The van der Waals surface area contributed by atoms with Gasteiger partial charge in [-0.15, -0.1) is 0 Å². The van der Waals surface area contributed by atoms with Crippen LogP contribution in [-0.2, 0) is 16.4 Å². The highest BCUT2D eigenvalue weighted by molar-refractivity contribution is 7.92. The molecule has 1 amide bonds. The summed E-state index contributed by atoms with van der Waals surface area (Å²) in [5.41, 5.74) is 3.03. The quantitative estimate of drug-likeness (QED) is 0.844. The highest BCUT2D eigenvalue weighted by atomic mass is 32.2. The number of benzene rings is 2. The lowest BCUT2D eigenvalue weighted by atomic mass is 10.00. The number of amides is 1. The molecule has 1 aliphatic heterocycles. The number of fused-ring (bicyclic) bond motifs is 1. The molecule has 0 unspecified atom stereocenters. The number of carbonyl (C=O) groups is 1. The molecule has 132 valence electrons. The van der Waals surface area contributed by atoms with E-state index in [0.29, 0.717) is 24.3 Å². The lowest BCUT2D eigenvalue weighted by Crippen LogP contribution is -2.35. The van der Waals surface area contributed by atoms with Crippen molar-refractivity contribution >= 4 is 27.3 Å². The van der Waals surface area contributed by atoms with E-state index < -0.39 is 10.0 Å². The van der Waals surface area contributed by atoms with Crippen LogP contribution in [0.2, 0.25) is 0 Å². The van der Waals surface area contributed by atoms with Crippen molar-refractivity contribution in [2.75, 3.05) is 28.6 Å². The molecule has 1 aliphatic rings. The van der Waals surface area contributed by atoms with Crippen molar-refractivity contribution in [2.45, 2.75) is 19.8 Å². The molecule has 0 saturated heterocycles. The van der Waals surface area contributed by atoms with Gasteiger partial charge in [0.25, 0.3) is 5.91 Å². The number of carbonyl (C=O) groups excluding carboxylic acids is 1. The standard InChI is InChI=1S/C19H22N2O3S/c1-3-20(17-9-5-4-6-10-17)19(22)16-11-12-18-15(14-16)8-7-13-21(18)25(2,23)24/h4-6,9-12,14H,3,7-8,13H2,1-2H3. The van der Waals surface area contributed by atoms with Gasteiger partial charge in [0.2, 0.25) is 10.0 Å². The van der Waals surface area contributed by atoms with Crippen molar-refractivity contribution in [3.8, 4) is 0 Å². The fraction of sp³-hybridized carbons (Fsp3) is 0.316. The van der Waals surface area contributed by atoms with Crippen LogP contribution in [0.4, 0.5) is 11.4 Å². The van der Waals surface area contributed by atoms with Crippen molar-refractivity contribution in [1.29, 1.82) is 0 Å². The molecule has 0 bridgehead atoms. The molecule has 0 radical (unpaired) electrons. The van der Waals surface area contributed by atoms with Gasteiger partial charge in [0.15, 0.2) is 0 Å². The molecule has 25 heavy (non-hydrogen) atoms. The highest BCUT2D eigenvalue weighted by Gasteiger charge is 2.25. The molecule has 2 aromatic carbocycles. The summed E-state index contributed by atoms with van der Waals surface area (Å²) in [5, 5.41) is 0. The average molecular weight is 358 g/mol. The van der Waals surface area contributed by atoms with E-state index in [0.717, 1.165) is 24.1 Å². The van der Waals surface area contributed by atoms with E-state index >= 15 is 0 Å². The molecule has 1 heterocycles. The molecule has 0 fully saturated rings. The SMILES string of the molecule is CCN(C(=O)c1ccc2c(c1)CCCN2S(C)(=O)=O)c1ccccc1. The van der Waals surface area contributed by atoms with Crippen molar-refractivity contribution < 1.29 is 13.2 Å². The lowest BCUT2D eigenvalue weighted by Gasteiger charge is -2.30. The van der Waals surface area contributed by atoms with E-state index in [4.69, 9.17) is 0 Å². The van der Waals surface area contributed by atoms with E-state index in [1.54, 1.807) is 17.0 Å². The third-order valence-electron chi connectivity index (χ3n) is 4.43. The first kappa shape index (κ1) is 17.5. The molecular weight excluding hydrogens is 336 g/mol. The molecule has 3 rings (SSSR count). The third kappa shape index (κ3) is 3.54. The van der Waals surface area contributed by atoms with Crippen molar-refractivity contribution in [1.82, 2.24) is 0 Å². The first-order valence-corrected chi connectivity index (χ1v) is 10.2. The topological polar surface area (TPSA) is 57.7 Å². The van der Waals surface area contributed by atoms with Gasteiger partial charge in [-0.25, -0.2) is 8.42 Å². The third-order valence-corrected chi connectivity index (χ3v) is 5.61. The van der Waals surface area contributed by atoms with Crippen LogP contribution >= 0.6 is 0 Å².